The number of nitrogens with zero attached hydrogens (tertiary/aromatic N) is 2. The molecule has 0 bridgehead atoms. The van der Waals surface area contributed by atoms with Crippen molar-refractivity contribution < 1.29 is 22.7 Å². The SMILES string of the molecule is COCCNc1cc(C(=O)Nc2ccc(Cl)c(C(F)(F)F)c2)ncn1. The van der Waals surface area contributed by atoms with Gasteiger partial charge in [0.2, 0.25) is 0 Å². The van der Waals surface area contributed by atoms with Crippen molar-refractivity contribution in [3.63, 3.8) is 0 Å². The number of nitrogens with one attached hydrogen (secondary N) is 2. The molecule has 0 unspecified atom stereocenters. The first kappa shape index (κ1) is 18.9. The highest BCUT2D eigenvalue weighted by Gasteiger charge is 2.33. The van der Waals surface area contributed by atoms with Crippen LogP contribution in [0.4, 0.5) is 24.7 Å². The van der Waals surface area contributed by atoms with Gasteiger partial charge in [-0.1, -0.05) is 11.6 Å². The summed E-state index contributed by atoms with van der Waals surface area (Å²) in [7, 11) is 1.54. The van der Waals surface area contributed by atoms with Crippen LogP contribution in [-0.2, 0) is 10.9 Å². The summed E-state index contributed by atoms with van der Waals surface area (Å²) < 4.78 is 43.4. The van der Waals surface area contributed by atoms with Gasteiger partial charge in [0.05, 0.1) is 17.2 Å². The van der Waals surface area contributed by atoms with Gasteiger partial charge in [-0.05, 0) is 18.2 Å². The van der Waals surface area contributed by atoms with Crippen LogP contribution in [0, 0.1) is 0 Å². The highest BCUT2D eigenvalue weighted by molar-refractivity contribution is 6.31. The second-order valence-electron chi connectivity index (χ2n) is 4.85. The molecule has 0 fully saturated rings. The van der Waals surface area contributed by atoms with E-state index in [-0.39, 0.29) is 11.4 Å². The van der Waals surface area contributed by atoms with Crippen LogP contribution in [0.25, 0.3) is 0 Å². The molecule has 1 amide bonds. The number of hydrogen-bond acceptors (Lipinski definition) is 5. The molecule has 10 heteroatoms. The minimum atomic E-state index is -4.62. The molecule has 134 valence electrons. The number of amides is 1. The van der Waals surface area contributed by atoms with Crippen molar-refractivity contribution in [1.29, 1.82) is 0 Å². The number of aromatic nitrogens is 2. The number of alkyl halides is 3. The van der Waals surface area contributed by atoms with Crippen molar-refractivity contribution >= 4 is 29.0 Å². The third kappa shape index (κ3) is 5.30. The molecule has 1 heterocycles. The minimum Gasteiger partial charge on any atom is -0.383 e. The maximum absolute atomic E-state index is 12.9. The van der Waals surface area contributed by atoms with Gasteiger partial charge in [-0.3, -0.25) is 4.79 Å². The Morgan fingerprint density at radius 1 is 1.28 bits per heavy atom. The molecule has 2 rings (SSSR count). The van der Waals surface area contributed by atoms with Gasteiger partial charge in [-0.2, -0.15) is 13.2 Å². The van der Waals surface area contributed by atoms with E-state index >= 15 is 0 Å². The first-order chi connectivity index (χ1) is 11.8. The second kappa shape index (κ2) is 8.13. The third-order valence-electron chi connectivity index (χ3n) is 3.04. The molecular formula is C15H14ClF3N4O2. The number of benzene rings is 1. The van der Waals surface area contributed by atoms with Crippen LogP contribution >= 0.6 is 11.6 Å². The summed E-state index contributed by atoms with van der Waals surface area (Å²) in [6, 6.07) is 4.48. The number of hydrogen-bond donors (Lipinski definition) is 2. The van der Waals surface area contributed by atoms with Gasteiger partial charge in [0.1, 0.15) is 17.8 Å². The Hall–Kier alpha value is -2.39. The van der Waals surface area contributed by atoms with E-state index in [9.17, 15) is 18.0 Å². The van der Waals surface area contributed by atoms with Gasteiger partial charge < -0.3 is 15.4 Å². The highest BCUT2D eigenvalue weighted by atomic mass is 35.5. The maximum Gasteiger partial charge on any atom is 0.417 e. The molecule has 1 aromatic carbocycles. The second-order valence-corrected chi connectivity index (χ2v) is 5.26. The number of carbonyl (C=O) groups is 1. The first-order valence-electron chi connectivity index (χ1n) is 7.04. The summed E-state index contributed by atoms with van der Waals surface area (Å²) in [6.07, 6.45) is -3.45. The molecule has 2 aromatic rings. The van der Waals surface area contributed by atoms with Crippen molar-refractivity contribution in [3.05, 3.63) is 46.9 Å². The lowest BCUT2D eigenvalue weighted by atomic mass is 10.2. The average molecular weight is 375 g/mol. The molecule has 0 radical (unpaired) electrons. The van der Waals surface area contributed by atoms with Crippen LogP contribution in [0.2, 0.25) is 5.02 Å². The Morgan fingerprint density at radius 2 is 2.04 bits per heavy atom. The summed E-state index contributed by atoms with van der Waals surface area (Å²) in [4.78, 5) is 19.9. The topological polar surface area (TPSA) is 76.1 Å². The van der Waals surface area contributed by atoms with Crippen LogP contribution in [0.5, 0.6) is 0 Å². The van der Waals surface area contributed by atoms with Crippen LogP contribution in [0.3, 0.4) is 0 Å². The molecule has 0 saturated heterocycles. The van der Waals surface area contributed by atoms with E-state index < -0.39 is 22.7 Å². The fourth-order valence-corrected chi connectivity index (χ4v) is 2.10. The minimum absolute atomic E-state index is 0.00146. The number of methoxy groups -OCH3 is 1. The van der Waals surface area contributed by atoms with E-state index in [4.69, 9.17) is 16.3 Å². The number of halogens is 4. The van der Waals surface area contributed by atoms with Gasteiger partial charge in [0.15, 0.2) is 0 Å². The Labute approximate surface area is 146 Å². The van der Waals surface area contributed by atoms with Gasteiger partial charge >= 0.3 is 6.18 Å². The number of rotatable bonds is 6. The predicted octanol–water partition coefficient (Wildman–Crippen LogP) is 3.46. The zero-order chi connectivity index (χ0) is 18.4. The lowest BCUT2D eigenvalue weighted by Gasteiger charge is -2.12. The zero-order valence-corrected chi connectivity index (χ0v) is 13.8. The summed E-state index contributed by atoms with van der Waals surface area (Å²) in [5, 5.41) is 4.82. The molecule has 2 N–H and O–H groups in total. The fraction of sp³-hybridized carbons (Fsp3) is 0.267. The van der Waals surface area contributed by atoms with Crippen molar-refractivity contribution in [3.8, 4) is 0 Å². The lowest BCUT2D eigenvalue weighted by molar-refractivity contribution is -0.137. The van der Waals surface area contributed by atoms with Gasteiger partial charge in [-0.15, -0.1) is 0 Å². The largest absolute Gasteiger partial charge is 0.417 e. The van der Waals surface area contributed by atoms with Crippen molar-refractivity contribution in [1.82, 2.24) is 9.97 Å². The predicted molar refractivity (Wildman–Crippen MR) is 86.8 cm³/mol. The first-order valence-corrected chi connectivity index (χ1v) is 7.42. The number of ether oxygens (including phenoxy) is 1. The molecule has 0 spiro atoms. The van der Waals surface area contributed by atoms with Crippen LogP contribution in [0.1, 0.15) is 16.1 Å². The van der Waals surface area contributed by atoms with Crippen LogP contribution in [0.15, 0.2) is 30.6 Å². The molecule has 1 aromatic heterocycles. The van der Waals surface area contributed by atoms with Crippen molar-refractivity contribution in [2.45, 2.75) is 6.18 Å². The number of anilines is 2. The van der Waals surface area contributed by atoms with Crippen molar-refractivity contribution in [2.24, 2.45) is 0 Å². The van der Waals surface area contributed by atoms with E-state index in [1.165, 1.54) is 18.5 Å². The Morgan fingerprint density at radius 3 is 2.72 bits per heavy atom. The van der Waals surface area contributed by atoms with Gasteiger partial charge in [0.25, 0.3) is 5.91 Å². The Kier molecular flexibility index (Phi) is 6.16. The average Bonchev–Trinajstić information content (AvgIpc) is 2.56. The molecule has 25 heavy (non-hydrogen) atoms. The molecule has 0 aliphatic carbocycles. The van der Waals surface area contributed by atoms with E-state index in [0.717, 1.165) is 12.1 Å². The van der Waals surface area contributed by atoms with E-state index in [1.807, 2.05) is 0 Å². The molecule has 6 nitrogen and oxygen atoms in total. The molecule has 0 aliphatic heterocycles. The lowest BCUT2D eigenvalue weighted by Crippen LogP contribution is -2.16. The van der Waals surface area contributed by atoms with Gasteiger partial charge in [-0.25, -0.2) is 9.97 Å². The standard InChI is InChI=1S/C15H14ClF3N4O2/c1-25-5-4-20-13-7-12(21-8-22-13)14(24)23-9-2-3-11(16)10(6-9)15(17,18)19/h2-3,6-8H,4-5H2,1H3,(H,23,24)(H,20,21,22). The molecule has 0 aliphatic rings. The smallest absolute Gasteiger partial charge is 0.383 e. The normalized spacial score (nSPS) is 11.2. The van der Waals surface area contributed by atoms with Crippen LogP contribution < -0.4 is 10.6 Å². The number of carbonyl (C=O) groups excluding carboxylic acids is 1. The van der Waals surface area contributed by atoms with E-state index in [1.54, 1.807) is 7.11 Å². The summed E-state index contributed by atoms with van der Waals surface area (Å²) in [6.45, 7) is 0.914. The van der Waals surface area contributed by atoms with E-state index in [2.05, 4.69) is 20.6 Å². The monoisotopic (exact) mass is 374 g/mol. The van der Waals surface area contributed by atoms with E-state index in [0.29, 0.717) is 19.0 Å². The Balaban J connectivity index is 2.13. The fourth-order valence-electron chi connectivity index (χ4n) is 1.87. The summed E-state index contributed by atoms with van der Waals surface area (Å²) in [5.74, 6) is -0.281. The third-order valence-corrected chi connectivity index (χ3v) is 3.37. The highest BCUT2D eigenvalue weighted by Crippen LogP contribution is 2.36. The maximum atomic E-state index is 12.9. The molecule has 0 atom stereocenters. The summed E-state index contributed by atoms with van der Waals surface area (Å²) in [5.41, 5.74) is -1.08. The zero-order valence-electron chi connectivity index (χ0n) is 13.0. The summed E-state index contributed by atoms with van der Waals surface area (Å²) >= 11 is 5.54. The molecular weight excluding hydrogens is 361 g/mol. The Bertz CT molecular complexity index is 756. The molecule has 0 saturated carbocycles. The quantitative estimate of drug-likeness (QED) is 0.757. The van der Waals surface area contributed by atoms with Crippen molar-refractivity contribution in [2.75, 3.05) is 30.9 Å². The van der Waals surface area contributed by atoms with Crippen LogP contribution in [-0.4, -0.2) is 36.1 Å². The van der Waals surface area contributed by atoms with Gasteiger partial charge in [0, 0.05) is 25.4 Å².